The first-order valence-electron chi connectivity index (χ1n) is 22.3. The first kappa shape index (κ1) is 40.6. The summed E-state index contributed by atoms with van der Waals surface area (Å²) in [6, 6.07) is 21.3. The average molecular weight is 783 g/mol. The van der Waals surface area contributed by atoms with E-state index in [0.717, 1.165) is 67.1 Å². The molecule has 294 valence electrons. The van der Waals surface area contributed by atoms with E-state index >= 15 is 0 Å². The number of hydrogen-bond acceptors (Lipinski definition) is 4. The highest BCUT2D eigenvalue weighted by molar-refractivity contribution is 7.14. The van der Waals surface area contributed by atoms with Crippen molar-refractivity contribution in [1.29, 1.82) is 0 Å². The second-order valence-corrected chi connectivity index (χ2v) is 18.4. The van der Waals surface area contributed by atoms with Crippen molar-refractivity contribution in [1.82, 2.24) is 0 Å². The van der Waals surface area contributed by atoms with Crippen LogP contribution in [-0.2, 0) is 12.8 Å². The second-order valence-electron chi connectivity index (χ2n) is 16.5. The highest BCUT2D eigenvalue weighted by atomic mass is 32.1. The third-order valence-electron chi connectivity index (χ3n) is 12.4. The monoisotopic (exact) mass is 782 g/mol. The largest absolute Gasteiger partial charge is 0.289 e. The van der Waals surface area contributed by atoms with Crippen LogP contribution >= 0.6 is 22.7 Å². The molecule has 0 aliphatic rings. The van der Waals surface area contributed by atoms with Gasteiger partial charge in [0.1, 0.15) is 0 Å². The fourth-order valence-electron chi connectivity index (χ4n) is 9.11. The third kappa shape index (κ3) is 9.40. The van der Waals surface area contributed by atoms with E-state index in [-0.39, 0.29) is 10.9 Å². The Bertz CT molecular complexity index is 2250. The van der Waals surface area contributed by atoms with Crippen LogP contribution in [0.25, 0.3) is 64.0 Å². The highest BCUT2D eigenvalue weighted by Crippen LogP contribution is 2.38. The van der Waals surface area contributed by atoms with Gasteiger partial charge in [-0.2, -0.15) is 0 Å². The van der Waals surface area contributed by atoms with Crippen LogP contribution in [0, 0.1) is 0 Å². The number of benzene rings is 3. The molecule has 7 rings (SSSR count). The van der Waals surface area contributed by atoms with E-state index in [1.54, 1.807) is 22.7 Å². The number of hydrogen-bond donors (Lipinski definition) is 0. The van der Waals surface area contributed by atoms with Crippen molar-refractivity contribution in [2.45, 2.75) is 155 Å². The molecule has 0 unspecified atom stereocenters. The van der Waals surface area contributed by atoms with Gasteiger partial charge in [0.25, 0.3) is 0 Å². The van der Waals surface area contributed by atoms with Crippen LogP contribution in [-0.4, -0.2) is 0 Å². The second kappa shape index (κ2) is 20.2. The molecule has 0 radical (unpaired) electrons. The van der Waals surface area contributed by atoms with E-state index in [0.29, 0.717) is 0 Å². The van der Waals surface area contributed by atoms with Gasteiger partial charge in [0.2, 0.25) is 0 Å². The van der Waals surface area contributed by atoms with Crippen LogP contribution in [0.15, 0.2) is 81.0 Å². The van der Waals surface area contributed by atoms with E-state index in [1.807, 2.05) is 12.1 Å². The van der Waals surface area contributed by atoms with Crippen LogP contribution in [0.1, 0.15) is 153 Å². The van der Waals surface area contributed by atoms with E-state index in [9.17, 15) is 9.59 Å². The van der Waals surface area contributed by atoms with E-state index < -0.39 is 0 Å². The summed E-state index contributed by atoms with van der Waals surface area (Å²) in [7, 11) is 0. The van der Waals surface area contributed by atoms with Gasteiger partial charge in [-0.05, 0) is 117 Å². The lowest BCUT2D eigenvalue weighted by Gasteiger charge is -2.06. The van der Waals surface area contributed by atoms with Gasteiger partial charge in [0.15, 0.2) is 10.9 Å². The third-order valence-corrected chi connectivity index (χ3v) is 14.4. The van der Waals surface area contributed by atoms with Gasteiger partial charge in [-0.25, -0.2) is 0 Å². The predicted octanol–water partition coefficient (Wildman–Crippen LogP) is 16.3. The van der Waals surface area contributed by atoms with Crippen molar-refractivity contribution < 1.29 is 0 Å². The zero-order valence-electron chi connectivity index (χ0n) is 34.1. The molecular weight excluding hydrogens is 721 g/mol. The lowest BCUT2D eigenvalue weighted by molar-refractivity contribution is 0.556. The standard InChI is InChI=1S/C52H62O2S2/c1-3-5-7-9-11-13-15-17-19-21-23-37-29-31-55-51(37)39-25-27-41-43-35-48-44(36-47(43)49(53)45(41)33-39)42-28-26-40(34-46(42)50(48)54)52-38(30-32-56-52)24-22-20-18-16-14-12-10-8-6-4-2/h25-36H,3-24H2,1-2H3. The molecule has 2 aromatic heterocycles. The van der Waals surface area contributed by atoms with Gasteiger partial charge in [-0.1, -0.05) is 154 Å². The molecule has 0 saturated heterocycles. The van der Waals surface area contributed by atoms with E-state index in [1.165, 1.54) is 149 Å². The van der Waals surface area contributed by atoms with E-state index in [4.69, 9.17) is 0 Å². The molecule has 0 atom stereocenters. The summed E-state index contributed by atoms with van der Waals surface area (Å²) in [4.78, 5) is 30.6. The minimum absolute atomic E-state index is 0.0696. The van der Waals surface area contributed by atoms with Crippen LogP contribution in [0.5, 0.6) is 0 Å². The van der Waals surface area contributed by atoms with Gasteiger partial charge in [-0.15, -0.1) is 22.7 Å². The van der Waals surface area contributed by atoms with Crippen LogP contribution in [0.2, 0.25) is 0 Å². The SMILES string of the molecule is CCCCCCCCCCCCc1ccsc1-c1ccc2c(c1)c(=O)c1cc3c(cc12)c(=O)c1cc(-c2sccc2CCCCCCCCCCCC)ccc13. The van der Waals surface area contributed by atoms with Crippen molar-refractivity contribution in [3.8, 4) is 20.9 Å². The van der Waals surface area contributed by atoms with E-state index in [2.05, 4.69) is 73.1 Å². The molecule has 7 aromatic rings. The van der Waals surface area contributed by atoms with Gasteiger partial charge in [-0.3, -0.25) is 9.59 Å². The maximum Gasteiger partial charge on any atom is 0.194 e. The predicted molar refractivity (Wildman–Crippen MR) is 249 cm³/mol. The van der Waals surface area contributed by atoms with Gasteiger partial charge >= 0.3 is 0 Å². The van der Waals surface area contributed by atoms with Crippen LogP contribution in [0.4, 0.5) is 0 Å². The molecule has 0 aliphatic heterocycles. The first-order chi connectivity index (χ1) is 27.6. The molecule has 0 aliphatic carbocycles. The summed E-state index contributed by atoms with van der Waals surface area (Å²) in [5.74, 6) is 0. The molecule has 0 amide bonds. The minimum Gasteiger partial charge on any atom is -0.289 e. The summed E-state index contributed by atoms with van der Waals surface area (Å²) in [5, 5.41) is 11.0. The summed E-state index contributed by atoms with van der Waals surface area (Å²) >= 11 is 3.56. The van der Waals surface area contributed by atoms with Crippen molar-refractivity contribution in [2.75, 3.05) is 0 Å². The van der Waals surface area contributed by atoms with Crippen LogP contribution in [0.3, 0.4) is 0 Å². The summed E-state index contributed by atoms with van der Waals surface area (Å²) < 4.78 is 0. The van der Waals surface area contributed by atoms with Crippen molar-refractivity contribution in [3.63, 3.8) is 0 Å². The lowest BCUT2D eigenvalue weighted by atomic mass is 10.0. The lowest BCUT2D eigenvalue weighted by Crippen LogP contribution is -1.95. The molecule has 0 N–H and O–H groups in total. The topological polar surface area (TPSA) is 34.1 Å². The summed E-state index contributed by atoms with van der Waals surface area (Å²) in [6.07, 6.45) is 29.0. The smallest absolute Gasteiger partial charge is 0.194 e. The van der Waals surface area contributed by atoms with Gasteiger partial charge in [0, 0.05) is 31.3 Å². The molecular formula is C52H62O2S2. The number of rotatable bonds is 24. The molecule has 5 aromatic carbocycles. The Morgan fingerprint density at radius 1 is 0.357 bits per heavy atom. The number of fused-ring (bicyclic) bond motifs is 6. The van der Waals surface area contributed by atoms with Crippen LogP contribution < -0.4 is 10.9 Å². The molecule has 2 nitrogen and oxygen atoms in total. The molecule has 0 bridgehead atoms. The zero-order chi connectivity index (χ0) is 38.7. The van der Waals surface area contributed by atoms with Gasteiger partial charge < -0.3 is 0 Å². The zero-order valence-corrected chi connectivity index (χ0v) is 35.8. The van der Waals surface area contributed by atoms with Gasteiger partial charge in [0.05, 0.1) is 0 Å². The highest BCUT2D eigenvalue weighted by Gasteiger charge is 2.19. The minimum atomic E-state index is 0.0696. The average Bonchev–Trinajstić information content (AvgIpc) is 4.01. The Balaban J connectivity index is 1.03. The first-order valence-corrected chi connectivity index (χ1v) is 24.0. The molecule has 2 heterocycles. The Morgan fingerprint density at radius 2 is 0.696 bits per heavy atom. The quantitative estimate of drug-likeness (QED) is 0.0572. The fourth-order valence-corrected chi connectivity index (χ4v) is 11.0. The number of unbranched alkanes of at least 4 members (excludes halogenated alkanes) is 18. The Morgan fingerprint density at radius 3 is 1.07 bits per heavy atom. The number of thiophene rings is 2. The molecule has 0 saturated carbocycles. The Kier molecular flexibility index (Phi) is 14.6. The van der Waals surface area contributed by atoms with Crippen molar-refractivity contribution in [3.05, 3.63) is 103 Å². The Hall–Kier alpha value is -3.60. The summed E-state index contributed by atoms with van der Waals surface area (Å²) in [6.45, 7) is 4.56. The maximum atomic E-state index is 14.0. The maximum absolute atomic E-state index is 14.0. The molecule has 4 heteroatoms. The van der Waals surface area contributed by atoms with Crippen molar-refractivity contribution >= 4 is 65.8 Å². The molecule has 0 spiro atoms. The normalized spacial score (nSPS) is 12.0. The Labute approximate surface area is 343 Å². The fraction of sp³-hybridized carbons (Fsp3) is 0.462. The van der Waals surface area contributed by atoms with Crippen molar-refractivity contribution in [2.24, 2.45) is 0 Å². The molecule has 0 fully saturated rings. The number of aryl methyl sites for hydroxylation is 2. The summed E-state index contributed by atoms with van der Waals surface area (Å²) in [5.41, 5.74) is 5.19. The molecule has 56 heavy (non-hydrogen) atoms.